The standard InChI is InChI=1S/C8H6ClNO3S2/c1-5-8(15(9,11)12)14-7(10-5)6-3-2-4-13-6/h2-4H,1H3. The number of thiazole rings is 1. The van der Waals surface area contributed by atoms with Gasteiger partial charge in [0, 0.05) is 10.7 Å². The Labute approximate surface area is 94.9 Å². The van der Waals surface area contributed by atoms with Gasteiger partial charge in [0.25, 0.3) is 9.05 Å². The van der Waals surface area contributed by atoms with Crippen molar-refractivity contribution in [2.45, 2.75) is 11.1 Å². The Morgan fingerprint density at radius 3 is 2.73 bits per heavy atom. The molecule has 4 nitrogen and oxygen atoms in total. The van der Waals surface area contributed by atoms with Gasteiger partial charge in [-0.05, 0) is 19.1 Å². The zero-order valence-electron chi connectivity index (χ0n) is 7.60. The van der Waals surface area contributed by atoms with Crippen LogP contribution in [0.15, 0.2) is 27.0 Å². The minimum Gasteiger partial charge on any atom is -0.462 e. The number of halogens is 1. The predicted molar refractivity (Wildman–Crippen MR) is 57.6 cm³/mol. The maximum Gasteiger partial charge on any atom is 0.272 e. The molecule has 15 heavy (non-hydrogen) atoms. The molecule has 7 heteroatoms. The molecule has 2 aromatic rings. The largest absolute Gasteiger partial charge is 0.462 e. The molecule has 0 N–H and O–H groups in total. The average Bonchev–Trinajstić information content (AvgIpc) is 2.68. The van der Waals surface area contributed by atoms with Crippen LogP contribution in [-0.4, -0.2) is 13.4 Å². The second-order valence-corrected chi connectivity index (χ2v) is 6.57. The molecule has 0 atom stereocenters. The van der Waals surface area contributed by atoms with Crippen LogP contribution in [0.25, 0.3) is 10.8 Å². The zero-order valence-corrected chi connectivity index (χ0v) is 9.99. The SMILES string of the molecule is Cc1nc(-c2ccco2)sc1S(=O)(=O)Cl. The summed E-state index contributed by atoms with van der Waals surface area (Å²) in [5.41, 5.74) is 0.390. The van der Waals surface area contributed by atoms with Crippen LogP contribution in [0.2, 0.25) is 0 Å². The molecule has 0 radical (unpaired) electrons. The van der Waals surface area contributed by atoms with E-state index in [1.807, 2.05) is 0 Å². The van der Waals surface area contributed by atoms with E-state index < -0.39 is 9.05 Å². The Bertz CT molecular complexity index is 571. The maximum atomic E-state index is 11.1. The van der Waals surface area contributed by atoms with Crippen molar-refractivity contribution in [3.63, 3.8) is 0 Å². The molecule has 0 aliphatic carbocycles. The third-order valence-electron chi connectivity index (χ3n) is 1.71. The van der Waals surface area contributed by atoms with Crippen LogP contribution < -0.4 is 0 Å². The fourth-order valence-corrected chi connectivity index (χ4v) is 3.53. The Balaban J connectivity index is 2.56. The summed E-state index contributed by atoms with van der Waals surface area (Å²) in [7, 11) is 1.53. The Morgan fingerprint density at radius 2 is 2.27 bits per heavy atom. The maximum absolute atomic E-state index is 11.1. The first-order valence-corrected chi connectivity index (χ1v) is 7.07. The van der Waals surface area contributed by atoms with Crippen molar-refractivity contribution in [3.8, 4) is 10.8 Å². The molecule has 0 fully saturated rings. The van der Waals surface area contributed by atoms with Gasteiger partial charge in [0.15, 0.2) is 15.0 Å². The lowest BCUT2D eigenvalue weighted by Crippen LogP contribution is -1.88. The van der Waals surface area contributed by atoms with Crippen LogP contribution in [0, 0.1) is 6.92 Å². The summed E-state index contributed by atoms with van der Waals surface area (Å²) in [4.78, 5) is 4.08. The Morgan fingerprint density at radius 1 is 1.53 bits per heavy atom. The van der Waals surface area contributed by atoms with E-state index in [0.717, 1.165) is 11.3 Å². The van der Waals surface area contributed by atoms with Crippen molar-refractivity contribution in [2.75, 3.05) is 0 Å². The average molecular weight is 264 g/mol. The van der Waals surface area contributed by atoms with Crippen LogP contribution >= 0.6 is 22.0 Å². The van der Waals surface area contributed by atoms with Gasteiger partial charge in [-0.1, -0.05) is 11.3 Å². The second-order valence-electron chi connectivity index (χ2n) is 2.81. The summed E-state index contributed by atoms with van der Waals surface area (Å²) in [6.07, 6.45) is 1.50. The summed E-state index contributed by atoms with van der Waals surface area (Å²) < 4.78 is 27.5. The van der Waals surface area contributed by atoms with Crippen molar-refractivity contribution < 1.29 is 12.8 Å². The Kier molecular flexibility index (Phi) is 2.57. The summed E-state index contributed by atoms with van der Waals surface area (Å²) in [6, 6.07) is 3.42. The highest BCUT2D eigenvalue weighted by Gasteiger charge is 2.20. The molecule has 2 heterocycles. The molecule has 0 saturated heterocycles. The van der Waals surface area contributed by atoms with Gasteiger partial charge in [-0.15, -0.1) is 0 Å². The van der Waals surface area contributed by atoms with Crippen LogP contribution in [0.1, 0.15) is 5.69 Å². The molecule has 2 rings (SSSR count). The Hall–Kier alpha value is -0.850. The normalized spacial score (nSPS) is 11.9. The van der Waals surface area contributed by atoms with Crippen molar-refractivity contribution in [3.05, 3.63) is 24.1 Å². The van der Waals surface area contributed by atoms with E-state index in [-0.39, 0.29) is 4.21 Å². The quantitative estimate of drug-likeness (QED) is 0.782. The van der Waals surface area contributed by atoms with Gasteiger partial charge >= 0.3 is 0 Å². The first kappa shape index (κ1) is 10.7. The van der Waals surface area contributed by atoms with Crippen molar-refractivity contribution in [1.82, 2.24) is 4.98 Å². The van der Waals surface area contributed by atoms with Crippen LogP contribution in [0.5, 0.6) is 0 Å². The number of furan rings is 1. The number of hydrogen-bond acceptors (Lipinski definition) is 5. The van der Waals surface area contributed by atoms with E-state index >= 15 is 0 Å². The number of hydrogen-bond donors (Lipinski definition) is 0. The third-order valence-corrected chi connectivity index (χ3v) is 5.06. The van der Waals surface area contributed by atoms with Gasteiger partial charge in [0.1, 0.15) is 0 Å². The van der Waals surface area contributed by atoms with Gasteiger partial charge in [-0.2, -0.15) is 0 Å². The highest BCUT2D eigenvalue weighted by atomic mass is 35.7. The number of nitrogens with zero attached hydrogens (tertiary/aromatic N) is 1. The molecule has 0 bridgehead atoms. The molecule has 0 saturated carbocycles. The number of aryl methyl sites for hydroxylation is 1. The van der Waals surface area contributed by atoms with E-state index in [1.165, 1.54) is 6.26 Å². The van der Waals surface area contributed by atoms with Gasteiger partial charge in [-0.3, -0.25) is 0 Å². The predicted octanol–water partition coefficient (Wildman–Crippen LogP) is 2.64. The summed E-state index contributed by atoms with van der Waals surface area (Å²) in [6.45, 7) is 1.60. The third kappa shape index (κ3) is 2.06. The molecule has 0 unspecified atom stereocenters. The van der Waals surface area contributed by atoms with E-state index in [4.69, 9.17) is 15.1 Å². The minimum atomic E-state index is -3.72. The first-order chi connectivity index (χ1) is 6.98. The van der Waals surface area contributed by atoms with Gasteiger partial charge < -0.3 is 4.42 Å². The highest BCUT2D eigenvalue weighted by molar-refractivity contribution is 8.15. The van der Waals surface area contributed by atoms with Gasteiger partial charge in [0.05, 0.1) is 12.0 Å². The monoisotopic (exact) mass is 263 g/mol. The van der Waals surface area contributed by atoms with Gasteiger partial charge in [-0.25, -0.2) is 13.4 Å². The molecule has 0 aromatic carbocycles. The molecule has 0 aliphatic rings. The molecule has 0 aliphatic heterocycles. The van der Waals surface area contributed by atoms with Gasteiger partial charge in [0.2, 0.25) is 0 Å². The summed E-state index contributed by atoms with van der Waals surface area (Å²) in [5.74, 6) is 0.537. The van der Waals surface area contributed by atoms with Crippen LogP contribution in [-0.2, 0) is 9.05 Å². The van der Waals surface area contributed by atoms with Crippen LogP contribution in [0.3, 0.4) is 0 Å². The molecule has 80 valence electrons. The summed E-state index contributed by atoms with van der Waals surface area (Å²) >= 11 is 0.999. The minimum absolute atomic E-state index is 0.0653. The van der Waals surface area contributed by atoms with Crippen molar-refractivity contribution in [1.29, 1.82) is 0 Å². The number of aromatic nitrogens is 1. The zero-order chi connectivity index (χ0) is 11.1. The van der Waals surface area contributed by atoms with Crippen molar-refractivity contribution in [2.24, 2.45) is 0 Å². The molecular weight excluding hydrogens is 258 g/mol. The molecular formula is C8H6ClNO3S2. The smallest absolute Gasteiger partial charge is 0.272 e. The van der Waals surface area contributed by atoms with E-state index in [1.54, 1.807) is 19.1 Å². The van der Waals surface area contributed by atoms with E-state index in [2.05, 4.69) is 4.98 Å². The lowest BCUT2D eigenvalue weighted by Gasteiger charge is -1.87. The molecule has 2 aromatic heterocycles. The summed E-state index contributed by atoms with van der Waals surface area (Å²) in [5, 5.41) is 0.511. The van der Waals surface area contributed by atoms with E-state index in [0.29, 0.717) is 16.5 Å². The molecule has 0 amide bonds. The first-order valence-electron chi connectivity index (χ1n) is 3.94. The molecule has 0 spiro atoms. The lowest BCUT2D eigenvalue weighted by molar-refractivity contribution is 0.581. The lowest BCUT2D eigenvalue weighted by atomic mass is 10.5. The topological polar surface area (TPSA) is 60.2 Å². The fourth-order valence-electron chi connectivity index (χ4n) is 1.11. The second kappa shape index (κ2) is 3.62. The fraction of sp³-hybridized carbons (Fsp3) is 0.125. The highest BCUT2D eigenvalue weighted by Crippen LogP contribution is 2.32. The number of rotatable bonds is 2. The van der Waals surface area contributed by atoms with Crippen LogP contribution in [0.4, 0.5) is 0 Å². The van der Waals surface area contributed by atoms with E-state index in [9.17, 15) is 8.42 Å². The van der Waals surface area contributed by atoms with Crippen molar-refractivity contribution >= 4 is 31.1 Å².